The number of Topliss-reactive ketones (excluding diaryl/α,β-unsaturated/α-hetero) is 1. The van der Waals surface area contributed by atoms with Crippen molar-refractivity contribution >= 4 is 5.78 Å². The van der Waals surface area contributed by atoms with Crippen LogP contribution in [-0.4, -0.2) is 18.4 Å². The molecule has 2 heteroatoms. The average molecular weight is 199 g/mol. The van der Waals surface area contributed by atoms with Crippen molar-refractivity contribution in [3.63, 3.8) is 0 Å². The predicted molar refractivity (Wildman–Crippen MR) is 61.5 cm³/mol. The summed E-state index contributed by atoms with van der Waals surface area (Å²) in [6, 6.07) is 0.578. The van der Waals surface area contributed by atoms with Crippen molar-refractivity contribution in [2.24, 2.45) is 5.92 Å². The van der Waals surface area contributed by atoms with Gasteiger partial charge in [-0.1, -0.05) is 20.8 Å². The van der Waals surface area contributed by atoms with E-state index < -0.39 is 0 Å². The molecule has 2 unspecified atom stereocenters. The molecule has 0 aliphatic rings. The molecule has 2 atom stereocenters. The van der Waals surface area contributed by atoms with Crippen LogP contribution in [0.2, 0.25) is 0 Å². The number of carbonyl (C=O) groups excluding carboxylic acids is 1. The minimum absolute atomic E-state index is 0.249. The van der Waals surface area contributed by atoms with E-state index in [-0.39, 0.29) is 5.92 Å². The molecule has 0 saturated heterocycles. The van der Waals surface area contributed by atoms with E-state index in [4.69, 9.17) is 0 Å². The molecule has 0 bridgehead atoms. The fraction of sp³-hybridized carbons (Fsp3) is 0.917. The number of hydrogen-bond donors (Lipinski definition) is 1. The van der Waals surface area contributed by atoms with Gasteiger partial charge >= 0.3 is 0 Å². The van der Waals surface area contributed by atoms with Crippen molar-refractivity contribution in [3.8, 4) is 0 Å². The molecule has 0 aromatic rings. The quantitative estimate of drug-likeness (QED) is 0.609. The first-order chi connectivity index (χ1) is 6.61. The van der Waals surface area contributed by atoms with Crippen LogP contribution in [-0.2, 0) is 4.79 Å². The lowest BCUT2D eigenvalue weighted by Gasteiger charge is -2.11. The summed E-state index contributed by atoms with van der Waals surface area (Å²) >= 11 is 0. The predicted octanol–water partition coefficient (Wildman–Crippen LogP) is 2.77. The van der Waals surface area contributed by atoms with Gasteiger partial charge in [-0.15, -0.1) is 0 Å². The van der Waals surface area contributed by atoms with Crippen molar-refractivity contribution in [2.45, 2.75) is 59.4 Å². The summed E-state index contributed by atoms with van der Waals surface area (Å²) in [4.78, 5) is 11.5. The van der Waals surface area contributed by atoms with Crippen LogP contribution in [0.25, 0.3) is 0 Å². The molecule has 0 saturated carbocycles. The number of nitrogens with one attached hydrogen (secondary N) is 1. The van der Waals surface area contributed by atoms with Gasteiger partial charge in [0.05, 0.1) is 0 Å². The minimum atomic E-state index is 0.249. The molecule has 14 heavy (non-hydrogen) atoms. The van der Waals surface area contributed by atoms with Crippen LogP contribution in [0.3, 0.4) is 0 Å². The van der Waals surface area contributed by atoms with Gasteiger partial charge in [-0.25, -0.2) is 0 Å². The fourth-order valence-electron chi connectivity index (χ4n) is 1.23. The Bertz CT molecular complexity index is 156. The zero-order valence-corrected chi connectivity index (χ0v) is 10.1. The molecule has 0 aliphatic heterocycles. The maximum absolute atomic E-state index is 11.5. The van der Waals surface area contributed by atoms with Gasteiger partial charge in [0.2, 0.25) is 0 Å². The normalized spacial score (nSPS) is 15.1. The highest BCUT2D eigenvalue weighted by molar-refractivity contribution is 5.80. The van der Waals surface area contributed by atoms with Gasteiger partial charge in [0.15, 0.2) is 0 Å². The summed E-state index contributed by atoms with van der Waals surface area (Å²) in [5.41, 5.74) is 0. The summed E-state index contributed by atoms with van der Waals surface area (Å²) < 4.78 is 0. The average Bonchev–Trinajstić information content (AvgIpc) is 2.22. The van der Waals surface area contributed by atoms with E-state index in [1.807, 2.05) is 6.92 Å². The monoisotopic (exact) mass is 199 g/mol. The first kappa shape index (κ1) is 13.6. The third-order valence-corrected chi connectivity index (χ3v) is 2.87. The highest BCUT2D eigenvalue weighted by Crippen LogP contribution is 2.06. The van der Waals surface area contributed by atoms with Gasteiger partial charge in [0.25, 0.3) is 0 Å². The molecule has 0 fully saturated rings. The highest BCUT2D eigenvalue weighted by atomic mass is 16.1. The van der Waals surface area contributed by atoms with Gasteiger partial charge in [-0.3, -0.25) is 4.79 Å². The van der Waals surface area contributed by atoms with Crippen molar-refractivity contribution in [2.75, 3.05) is 6.54 Å². The fourth-order valence-corrected chi connectivity index (χ4v) is 1.23. The van der Waals surface area contributed by atoms with E-state index in [2.05, 4.69) is 26.1 Å². The lowest BCUT2D eigenvalue weighted by atomic mass is 10.00. The van der Waals surface area contributed by atoms with E-state index in [9.17, 15) is 4.79 Å². The maximum atomic E-state index is 11.5. The largest absolute Gasteiger partial charge is 0.314 e. The van der Waals surface area contributed by atoms with E-state index in [0.29, 0.717) is 11.8 Å². The summed E-state index contributed by atoms with van der Waals surface area (Å²) in [5, 5.41) is 3.39. The van der Waals surface area contributed by atoms with Crippen molar-refractivity contribution < 1.29 is 4.79 Å². The zero-order valence-electron chi connectivity index (χ0n) is 10.1. The number of ketones is 1. The Hall–Kier alpha value is -0.370. The molecule has 2 nitrogen and oxygen atoms in total. The molecular formula is C12H25NO. The lowest BCUT2D eigenvalue weighted by molar-refractivity contribution is -0.122. The minimum Gasteiger partial charge on any atom is -0.314 e. The van der Waals surface area contributed by atoms with E-state index in [1.54, 1.807) is 0 Å². The topological polar surface area (TPSA) is 29.1 Å². The molecular weight excluding hydrogens is 174 g/mol. The highest BCUT2D eigenvalue weighted by Gasteiger charge is 2.09. The molecule has 0 radical (unpaired) electrons. The Kier molecular flexibility index (Phi) is 7.77. The SMILES string of the molecule is CCC(C)NCCCC(=O)C(C)CC. The second-order valence-corrected chi connectivity index (χ2v) is 4.14. The van der Waals surface area contributed by atoms with Crippen molar-refractivity contribution in [3.05, 3.63) is 0 Å². The first-order valence-corrected chi connectivity index (χ1v) is 5.87. The number of rotatable bonds is 8. The van der Waals surface area contributed by atoms with E-state index in [0.717, 1.165) is 32.2 Å². The molecule has 0 rings (SSSR count). The van der Waals surface area contributed by atoms with Crippen LogP contribution >= 0.6 is 0 Å². The maximum Gasteiger partial charge on any atom is 0.135 e. The van der Waals surface area contributed by atoms with Crippen LogP contribution in [0.15, 0.2) is 0 Å². The van der Waals surface area contributed by atoms with Gasteiger partial charge in [-0.2, -0.15) is 0 Å². The summed E-state index contributed by atoms with van der Waals surface area (Å²) in [6.45, 7) is 9.40. The summed E-state index contributed by atoms with van der Waals surface area (Å²) in [6.07, 6.45) is 3.84. The Morgan fingerprint density at radius 2 is 1.86 bits per heavy atom. The molecule has 0 aromatic carbocycles. The Morgan fingerprint density at radius 3 is 2.36 bits per heavy atom. The van der Waals surface area contributed by atoms with Crippen LogP contribution in [0, 0.1) is 5.92 Å². The van der Waals surface area contributed by atoms with E-state index >= 15 is 0 Å². The van der Waals surface area contributed by atoms with Crippen LogP contribution in [0.5, 0.6) is 0 Å². The molecule has 0 aliphatic carbocycles. The van der Waals surface area contributed by atoms with Gasteiger partial charge in [0.1, 0.15) is 5.78 Å². The van der Waals surface area contributed by atoms with Crippen LogP contribution in [0.4, 0.5) is 0 Å². The Labute approximate surface area is 88.5 Å². The second kappa shape index (κ2) is 7.98. The zero-order chi connectivity index (χ0) is 11.0. The third-order valence-electron chi connectivity index (χ3n) is 2.87. The molecule has 0 aromatic heterocycles. The summed E-state index contributed by atoms with van der Waals surface area (Å²) in [5.74, 6) is 0.664. The molecule has 1 N–H and O–H groups in total. The molecule has 84 valence electrons. The molecule has 0 spiro atoms. The molecule has 0 amide bonds. The van der Waals surface area contributed by atoms with Crippen LogP contribution in [0.1, 0.15) is 53.4 Å². The van der Waals surface area contributed by atoms with E-state index in [1.165, 1.54) is 0 Å². The standard InChI is InChI=1S/C12H25NO/c1-5-10(3)12(14)8-7-9-13-11(4)6-2/h10-11,13H,5-9H2,1-4H3. The Balaban J connectivity index is 3.40. The van der Waals surface area contributed by atoms with Crippen molar-refractivity contribution in [1.82, 2.24) is 5.32 Å². The Morgan fingerprint density at radius 1 is 1.21 bits per heavy atom. The third kappa shape index (κ3) is 6.14. The number of carbonyl (C=O) groups is 1. The summed E-state index contributed by atoms with van der Waals surface area (Å²) in [7, 11) is 0. The lowest BCUT2D eigenvalue weighted by Crippen LogP contribution is -2.26. The molecule has 0 heterocycles. The van der Waals surface area contributed by atoms with Gasteiger partial charge < -0.3 is 5.32 Å². The number of hydrogen-bond acceptors (Lipinski definition) is 2. The van der Waals surface area contributed by atoms with Crippen molar-refractivity contribution in [1.29, 1.82) is 0 Å². The second-order valence-electron chi connectivity index (χ2n) is 4.14. The smallest absolute Gasteiger partial charge is 0.135 e. The first-order valence-electron chi connectivity index (χ1n) is 5.87. The van der Waals surface area contributed by atoms with Gasteiger partial charge in [0, 0.05) is 18.4 Å². The van der Waals surface area contributed by atoms with Gasteiger partial charge in [-0.05, 0) is 32.7 Å². The van der Waals surface area contributed by atoms with Crippen LogP contribution < -0.4 is 5.32 Å².